The van der Waals surface area contributed by atoms with Gasteiger partial charge in [-0.05, 0) is 43.5 Å². The first kappa shape index (κ1) is 23.2. The minimum atomic E-state index is -0.720. The summed E-state index contributed by atoms with van der Waals surface area (Å²) in [5, 5.41) is -0.00761. The summed E-state index contributed by atoms with van der Waals surface area (Å²) >= 11 is 2.33. The van der Waals surface area contributed by atoms with Crippen LogP contribution in [0.4, 0.5) is 5.69 Å². The highest BCUT2D eigenvalue weighted by Crippen LogP contribution is 2.54. The summed E-state index contributed by atoms with van der Waals surface area (Å²) in [6, 6.07) is 6.84. The number of fused-ring (bicyclic) bond motifs is 2. The second-order valence-electron chi connectivity index (χ2n) is 9.48. The summed E-state index contributed by atoms with van der Waals surface area (Å²) in [7, 11) is 1.56. The van der Waals surface area contributed by atoms with Gasteiger partial charge in [-0.25, -0.2) is 4.90 Å². The highest BCUT2D eigenvalue weighted by Gasteiger charge is 2.59. The van der Waals surface area contributed by atoms with Gasteiger partial charge in [0.1, 0.15) is 17.5 Å². The molecule has 2 atom stereocenters. The Hall–Kier alpha value is -2.59. The van der Waals surface area contributed by atoms with Crippen molar-refractivity contribution in [2.24, 2.45) is 5.92 Å². The third-order valence-electron chi connectivity index (χ3n) is 7.04. The zero-order valence-electron chi connectivity index (χ0n) is 19.4. The first-order valence-corrected chi connectivity index (χ1v) is 13.1. The van der Waals surface area contributed by atoms with Crippen molar-refractivity contribution in [1.29, 1.82) is 0 Å². The third kappa shape index (κ3) is 3.58. The molecule has 0 N–H and O–H groups in total. The number of carbonyl (C=O) groups excluding carboxylic acids is 3. The SMILES string of the molecule is COc1ccc(N2C(=O)C3Sc4c(sc(=O)n4CC(=O)N4CCCCC4)C(C)(C)C3C2=O)cc1. The van der Waals surface area contributed by atoms with Gasteiger partial charge in [-0.15, -0.1) is 0 Å². The Balaban J connectivity index is 1.48. The van der Waals surface area contributed by atoms with Gasteiger partial charge in [-0.2, -0.15) is 0 Å². The van der Waals surface area contributed by atoms with E-state index in [1.165, 1.54) is 21.2 Å². The lowest BCUT2D eigenvalue weighted by atomic mass is 9.76. The number of amides is 3. The van der Waals surface area contributed by atoms with Gasteiger partial charge in [0.05, 0.1) is 23.7 Å². The maximum atomic E-state index is 13.5. The Morgan fingerprint density at radius 3 is 2.38 bits per heavy atom. The zero-order valence-corrected chi connectivity index (χ0v) is 21.0. The Morgan fingerprint density at radius 2 is 1.74 bits per heavy atom. The molecule has 2 fully saturated rings. The van der Waals surface area contributed by atoms with Crippen LogP contribution in [-0.4, -0.2) is 52.6 Å². The lowest BCUT2D eigenvalue weighted by molar-refractivity contribution is -0.133. The molecule has 2 aromatic rings. The Bertz CT molecular complexity index is 1210. The molecule has 2 saturated heterocycles. The highest BCUT2D eigenvalue weighted by molar-refractivity contribution is 8.00. The molecular weight excluding hydrogens is 474 g/mol. The van der Waals surface area contributed by atoms with E-state index < -0.39 is 16.6 Å². The summed E-state index contributed by atoms with van der Waals surface area (Å²) in [6.45, 7) is 5.23. The maximum absolute atomic E-state index is 13.5. The number of likely N-dealkylation sites (tertiary alicyclic amines) is 1. The van der Waals surface area contributed by atoms with Crippen LogP contribution in [0, 0.1) is 5.92 Å². The second kappa shape index (κ2) is 8.57. The van der Waals surface area contributed by atoms with Crippen LogP contribution in [-0.2, 0) is 26.3 Å². The first-order chi connectivity index (χ1) is 16.2. The smallest absolute Gasteiger partial charge is 0.308 e. The van der Waals surface area contributed by atoms with Crippen molar-refractivity contribution >= 4 is 46.5 Å². The largest absolute Gasteiger partial charge is 0.497 e. The number of rotatable bonds is 4. The van der Waals surface area contributed by atoms with Crippen molar-refractivity contribution < 1.29 is 19.1 Å². The predicted molar refractivity (Wildman–Crippen MR) is 131 cm³/mol. The van der Waals surface area contributed by atoms with Gasteiger partial charge >= 0.3 is 4.87 Å². The summed E-state index contributed by atoms with van der Waals surface area (Å²) in [5.74, 6) is -0.586. The number of aromatic nitrogens is 1. The van der Waals surface area contributed by atoms with E-state index in [1.54, 1.807) is 31.4 Å². The fourth-order valence-electron chi connectivity index (χ4n) is 5.13. The summed E-state index contributed by atoms with van der Waals surface area (Å²) in [4.78, 5) is 56.5. The number of hydrogen-bond donors (Lipinski definition) is 0. The van der Waals surface area contributed by atoms with Gasteiger partial charge < -0.3 is 9.64 Å². The van der Waals surface area contributed by atoms with E-state index in [1.807, 2.05) is 18.7 Å². The molecule has 8 nitrogen and oxygen atoms in total. The number of imide groups is 1. The molecule has 1 aromatic carbocycles. The molecule has 3 aliphatic heterocycles. The van der Waals surface area contributed by atoms with Crippen molar-refractivity contribution in [2.75, 3.05) is 25.1 Å². The molecule has 0 radical (unpaired) electrons. The lowest BCUT2D eigenvalue weighted by Crippen LogP contribution is -2.42. The molecule has 4 heterocycles. The Kier molecular flexibility index (Phi) is 5.84. The lowest BCUT2D eigenvalue weighted by Gasteiger charge is -2.36. The molecule has 5 rings (SSSR count). The molecule has 0 bridgehead atoms. The van der Waals surface area contributed by atoms with Gasteiger partial charge in [-0.3, -0.25) is 23.7 Å². The van der Waals surface area contributed by atoms with Crippen LogP contribution in [0.25, 0.3) is 0 Å². The number of methoxy groups -OCH3 is 1. The minimum Gasteiger partial charge on any atom is -0.497 e. The van der Waals surface area contributed by atoms with E-state index >= 15 is 0 Å². The molecule has 1 aromatic heterocycles. The number of benzene rings is 1. The fourth-order valence-corrected chi connectivity index (χ4v) is 8.17. The predicted octanol–water partition coefficient (Wildman–Crippen LogP) is 2.87. The summed E-state index contributed by atoms with van der Waals surface area (Å²) in [6.07, 6.45) is 3.07. The van der Waals surface area contributed by atoms with E-state index in [-0.39, 0.29) is 29.1 Å². The van der Waals surface area contributed by atoms with Crippen LogP contribution in [0.1, 0.15) is 38.0 Å². The monoisotopic (exact) mass is 501 g/mol. The molecular formula is C24H27N3O5S2. The van der Waals surface area contributed by atoms with E-state index in [0.29, 0.717) is 29.6 Å². The fraction of sp³-hybridized carbons (Fsp3) is 0.500. The molecule has 3 amide bonds. The maximum Gasteiger partial charge on any atom is 0.308 e. The number of anilines is 1. The van der Waals surface area contributed by atoms with Crippen molar-refractivity contribution in [3.63, 3.8) is 0 Å². The average molecular weight is 502 g/mol. The number of ether oxygens (including phenoxy) is 1. The van der Waals surface area contributed by atoms with Crippen LogP contribution < -0.4 is 14.5 Å². The molecule has 3 aliphatic rings. The van der Waals surface area contributed by atoms with E-state index in [4.69, 9.17) is 4.74 Å². The van der Waals surface area contributed by atoms with Crippen molar-refractivity contribution in [3.05, 3.63) is 38.8 Å². The van der Waals surface area contributed by atoms with Gasteiger partial charge in [0, 0.05) is 23.4 Å². The Morgan fingerprint density at radius 1 is 1.06 bits per heavy atom. The van der Waals surface area contributed by atoms with Crippen LogP contribution in [0.15, 0.2) is 34.1 Å². The number of thioether (sulfide) groups is 1. The van der Waals surface area contributed by atoms with E-state index in [0.717, 1.165) is 35.5 Å². The molecule has 0 aliphatic carbocycles. The molecule has 180 valence electrons. The second-order valence-corrected chi connectivity index (χ2v) is 11.6. The standard InChI is InChI=1S/C24H27N3O5S2/c1-24(2)17-18(21(30)27(20(17)29)14-7-9-15(32-3)10-8-14)33-22-19(24)34-23(31)26(22)13-16(28)25-11-5-4-6-12-25/h7-10,17-18H,4-6,11-13H2,1-3H3. The van der Waals surface area contributed by atoms with Gasteiger partial charge in [-0.1, -0.05) is 36.9 Å². The molecule has 10 heteroatoms. The van der Waals surface area contributed by atoms with Crippen molar-refractivity contribution in [3.8, 4) is 5.75 Å². The van der Waals surface area contributed by atoms with E-state index in [2.05, 4.69) is 0 Å². The normalized spacial score (nSPS) is 23.6. The topological polar surface area (TPSA) is 88.9 Å². The molecule has 0 saturated carbocycles. The van der Waals surface area contributed by atoms with Crippen LogP contribution in [0.5, 0.6) is 5.75 Å². The van der Waals surface area contributed by atoms with Crippen LogP contribution in [0.2, 0.25) is 0 Å². The molecule has 0 spiro atoms. The highest BCUT2D eigenvalue weighted by atomic mass is 32.2. The summed E-state index contributed by atoms with van der Waals surface area (Å²) in [5.41, 5.74) is -0.217. The van der Waals surface area contributed by atoms with Crippen LogP contribution in [0.3, 0.4) is 0 Å². The van der Waals surface area contributed by atoms with Gasteiger partial charge in [0.15, 0.2) is 0 Å². The first-order valence-electron chi connectivity index (χ1n) is 11.4. The Labute approximate surface area is 205 Å². The van der Waals surface area contributed by atoms with E-state index in [9.17, 15) is 19.2 Å². The molecule has 34 heavy (non-hydrogen) atoms. The number of piperidine rings is 1. The quantitative estimate of drug-likeness (QED) is 0.599. The minimum absolute atomic E-state index is 0.0323. The van der Waals surface area contributed by atoms with Gasteiger partial charge in [0.25, 0.3) is 0 Å². The van der Waals surface area contributed by atoms with Crippen molar-refractivity contribution in [2.45, 2.75) is 55.3 Å². The summed E-state index contributed by atoms with van der Waals surface area (Å²) < 4.78 is 6.70. The van der Waals surface area contributed by atoms with Gasteiger partial charge in [0.2, 0.25) is 17.7 Å². The number of carbonyl (C=O) groups is 3. The third-order valence-corrected chi connectivity index (χ3v) is 9.86. The number of thiazole rings is 1. The number of hydrogen-bond acceptors (Lipinski definition) is 7. The van der Waals surface area contributed by atoms with Crippen molar-refractivity contribution in [1.82, 2.24) is 9.47 Å². The number of nitrogens with zero attached hydrogens (tertiary/aromatic N) is 3. The average Bonchev–Trinajstić information content (AvgIpc) is 3.28. The zero-order chi connectivity index (χ0) is 24.2. The van der Waals surface area contributed by atoms with Crippen LogP contribution >= 0.6 is 23.1 Å². The molecule has 2 unspecified atom stereocenters.